The molecule has 5 N–H and O–H groups in total. The minimum absolute atomic E-state index is 0.159. The van der Waals surface area contributed by atoms with Crippen molar-refractivity contribution >= 4 is 17.1 Å². The molecule has 0 saturated heterocycles. The molecule has 0 radical (unpaired) electrons. The highest BCUT2D eigenvalue weighted by molar-refractivity contribution is 6.48. The molecule has 0 aliphatic heterocycles. The van der Waals surface area contributed by atoms with Crippen molar-refractivity contribution in [3.63, 3.8) is 0 Å². The van der Waals surface area contributed by atoms with Gasteiger partial charge in [0.25, 0.3) is 0 Å². The first-order valence-corrected chi connectivity index (χ1v) is 9.56. The molecule has 1 aromatic carbocycles. The Balaban J connectivity index is 0.000000377. The molecule has 0 bridgehead atoms. The molecule has 1 atom stereocenters. The minimum Gasteiger partial charge on any atom is -0.505 e. The number of aromatic hydroxyl groups is 1. The highest BCUT2D eigenvalue weighted by Gasteiger charge is 2.09. The van der Waals surface area contributed by atoms with E-state index in [0.29, 0.717) is 18.2 Å². The van der Waals surface area contributed by atoms with Crippen LogP contribution in [-0.2, 0) is 11.3 Å². The SMILES string of the molecule is CCCCC(CC)COCc1cc(C)cc(N)c1O.N=C1C=CC=CC1=N. The summed E-state index contributed by atoms with van der Waals surface area (Å²) < 4.78 is 5.75. The molecular weight excluding hydrogens is 338 g/mol. The van der Waals surface area contributed by atoms with Gasteiger partial charge in [0.05, 0.1) is 23.7 Å². The molecule has 0 aromatic heterocycles. The van der Waals surface area contributed by atoms with Crippen LogP contribution < -0.4 is 5.73 Å². The number of nitrogens with one attached hydrogen (secondary N) is 2. The standard InChI is InChI=1S/C16H27NO2.C6H6N2/c1-4-6-7-13(5-2)10-19-11-14-8-12(3)9-15(17)16(14)18;7-5-3-1-2-4-6(5)8/h8-9,13,18H,4-7,10-11,17H2,1-3H3;1-4,7-8H. The maximum Gasteiger partial charge on any atom is 0.143 e. The van der Waals surface area contributed by atoms with Crippen LogP contribution in [0.5, 0.6) is 5.75 Å². The largest absolute Gasteiger partial charge is 0.505 e. The van der Waals surface area contributed by atoms with Crippen LogP contribution in [0.2, 0.25) is 0 Å². The van der Waals surface area contributed by atoms with Gasteiger partial charge in [-0.05, 0) is 49.1 Å². The second kappa shape index (κ2) is 12.1. The van der Waals surface area contributed by atoms with Crippen molar-refractivity contribution in [1.29, 1.82) is 10.8 Å². The zero-order valence-corrected chi connectivity index (χ0v) is 16.7. The second-order valence-electron chi connectivity index (χ2n) is 6.84. The zero-order chi connectivity index (χ0) is 20.2. The van der Waals surface area contributed by atoms with Crippen LogP contribution in [0, 0.1) is 23.7 Å². The molecule has 1 aliphatic rings. The minimum atomic E-state index is 0.159. The average Bonchev–Trinajstić information content (AvgIpc) is 2.64. The van der Waals surface area contributed by atoms with Crippen molar-refractivity contribution in [2.24, 2.45) is 5.92 Å². The first-order valence-electron chi connectivity index (χ1n) is 9.56. The van der Waals surface area contributed by atoms with E-state index in [9.17, 15) is 5.11 Å². The quantitative estimate of drug-likeness (QED) is 0.288. The number of hydrogen-bond donors (Lipinski definition) is 4. The highest BCUT2D eigenvalue weighted by Crippen LogP contribution is 2.27. The molecule has 148 valence electrons. The number of hydrogen-bond acceptors (Lipinski definition) is 5. The van der Waals surface area contributed by atoms with E-state index in [2.05, 4.69) is 13.8 Å². The Kier molecular flexibility index (Phi) is 10.1. The van der Waals surface area contributed by atoms with E-state index < -0.39 is 0 Å². The number of nitrogens with two attached hydrogens (primary N) is 1. The van der Waals surface area contributed by atoms with Crippen molar-refractivity contribution in [1.82, 2.24) is 0 Å². The Bertz CT molecular complexity index is 671. The summed E-state index contributed by atoms with van der Waals surface area (Å²) in [6, 6.07) is 3.70. The lowest BCUT2D eigenvalue weighted by Crippen LogP contribution is -2.09. The molecule has 1 aliphatic carbocycles. The summed E-state index contributed by atoms with van der Waals surface area (Å²) in [6.07, 6.45) is 11.5. The number of aryl methyl sites for hydroxylation is 1. The maximum absolute atomic E-state index is 9.88. The Hall–Kier alpha value is -2.40. The number of phenols is 1. The monoisotopic (exact) mass is 371 g/mol. The summed E-state index contributed by atoms with van der Waals surface area (Å²) in [6.45, 7) is 7.56. The third kappa shape index (κ3) is 8.22. The third-order valence-electron chi connectivity index (χ3n) is 4.44. The smallest absolute Gasteiger partial charge is 0.143 e. The van der Waals surface area contributed by atoms with Gasteiger partial charge in [0.2, 0.25) is 0 Å². The number of benzene rings is 1. The summed E-state index contributed by atoms with van der Waals surface area (Å²) in [4.78, 5) is 0. The van der Waals surface area contributed by atoms with Gasteiger partial charge in [-0.1, -0.05) is 45.3 Å². The van der Waals surface area contributed by atoms with Crippen LogP contribution in [0.3, 0.4) is 0 Å². The van der Waals surface area contributed by atoms with Gasteiger partial charge in [-0.3, -0.25) is 10.8 Å². The van der Waals surface area contributed by atoms with Crippen molar-refractivity contribution in [3.05, 3.63) is 47.6 Å². The van der Waals surface area contributed by atoms with Crippen molar-refractivity contribution in [2.45, 2.75) is 53.1 Å². The normalized spacial score (nSPS) is 14.0. The Morgan fingerprint density at radius 3 is 2.26 bits per heavy atom. The van der Waals surface area contributed by atoms with Crippen LogP contribution in [-0.4, -0.2) is 23.1 Å². The van der Waals surface area contributed by atoms with Gasteiger partial charge in [0.1, 0.15) is 5.75 Å². The van der Waals surface area contributed by atoms with Crippen molar-refractivity contribution in [3.8, 4) is 5.75 Å². The molecule has 0 spiro atoms. The summed E-state index contributed by atoms with van der Waals surface area (Å²) in [7, 11) is 0. The summed E-state index contributed by atoms with van der Waals surface area (Å²) in [5.74, 6) is 0.774. The van der Waals surface area contributed by atoms with E-state index in [0.717, 1.165) is 24.2 Å². The van der Waals surface area contributed by atoms with Crippen LogP contribution in [0.15, 0.2) is 36.4 Å². The van der Waals surface area contributed by atoms with Crippen LogP contribution in [0.1, 0.15) is 50.7 Å². The van der Waals surface area contributed by atoms with Crippen molar-refractivity contribution in [2.75, 3.05) is 12.3 Å². The van der Waals surface area contributed by atoms with Crippen LogP contribution in [0.4, 0.5) is 5.69 Å². The predicted octanol–water partition coefficient (Wildman–Crippen LogP) is 5.17. The van der Waals surface area contributed by atoms with Gasteiger partial charge in [-0.15, -0.1) is 0 Å². The Morgan fingerprint density at radius 1 is 1.11 bits per heavy atom. The van der Waals surface area contributed by atoms with Gasteiger partial charge in [-0.2, -0.15) is 0 Å². The lowest BCUT2D eigenvalue weighted by molar-refractivity contribution is 0.0807. The zero-order valence-electron chi connectivity index (χ0n) is 16.7. The first kappa shape index (κ1) is 22.6. The molecule has 0 heterocycles. The summed E-state index contributed by atoms with van der Waals surface area (Å²) in [5, 5.41) is 23.9. The molecule has 0 fully saturated rings. The molecule has 2 rings (SSSR count). The van der Waals surface area contributed by atoms with E-state index in [1.54, 1.807) is 30.4 Å². The fourth-order valence-electron chi connectivity index (χ4n) is 2.71. The Morgan fingerprint density at radius 2 is 1.74 bits per heavy atom. The summed E-state index contributed by atoms with van der Waals surface area (Å²) >= 11 is 0. The van der Waals surface area contributed by atoms with E-state index in [1.807, 2.05) is 13.0 Å². The number of phenolic OH excluding ortho intramolecular Hbond substituents is 1. The number of ether oxygens (including phenoxy) is 1. The van der Waals surface area contributed by atoms with Gasteiger partial charge in [-0.25, -0.2) is 0 Å². The van der Waals surface area contributed by atoms with Gasteiger partial charge >= 0.3 is 0 Å². The lowest BCUT2D eigenvalue weighted by atomic mass is 10.0. The fourth-order valence-corrected chi connectivity index (χ4v) is 2.71. The van der Waals surface area contributed by atoms with E-state index in [1.165, 1.54) is 19.3 Å². The third-order valence-corrected chi connectivity index (χ3v) is 4.44. The molecule has 27 heavy (non-hydrogen) atoms. The topological polar surface area (TPSA) is 103 Å². The van der Waals surface area contributed by atoms with Gasteiger partial charge in [0.15, 0.2) is 0 Å². The number of rotatable bonds is 8. The number of allylic oxidation sites excluding steroid dienone is 4. The molecule has 5 nitrogen and oxygen atoms in total. The predicted molar refractivity (Wildman–Crippen MR) is 114 cm³/mol. The van der Waals surface area contributed by atoms with E-state index in [-0.39, 0.29) is 17.2 Å². The van der Waals surface area contributed by atoms with Crippen molar-refractivity contribution < 1.29 is 9.84 Å². The second-order valence-corrected chi connectivity index (χ2v) is 6.84. The maximum atomic E-state index is 9.88. The molecule has 5 heteroatoms. The number of nitrogen functional groups attached to an aromatic ring is 1. The van der Waals surface area contributed by atoms with Crippen LogP contribution >= 0.6 is 0 Å². The molecule has 0 saturated carbocycles. The molecule has 1 unspecified atom stereocenters. The first-order chi connectivity index (χ1) is 12.9. The van der Waals surface area contributed by atoms with Gasteiger partial charge in [0, 0.05) is 12.2 Å². The molecule has 1 aromatic rings. The number of anilines is 1. The van der Waals surface area contributed by atoms with Gasteiger partial charge < -0.3 is 15.6 Å². The fraction of sp³-hybridized carbons (Fsp3) is 0.455. The summed E-state index contributed by atoms with van der Waals surface area (Å²) in [5.41, 5.74) is 8.56. The van der Waals surface area contributed by atoms with E-state index >= 15 is 0 Å². The molecule has 0 amide bonds. The van der Waals surface area contributed by atoms with E-state index in [4.69, 9.17) is 21.3 Å². The van der Waals surface area contributed by atoms with Crippen LogP contribution in [0.25, 0.3) is 0 Å². The lowest BCUT2D eigenvalue weighted by Gasteiger charge is -2.15. The average molecular weight is 372 g/mol. The Labute approximate surface area is 163 Å². The number of unbranched alkanes of at least 4 members (excludes halogenated alkanes) is 1. The molecular formula is C22H33N3O2. The highest BCUT2D eigenvalue weighted by atomic mass is 16.5.